The summed E-state index contributed by atoms with van der Waals surface area (Å²) in [5, 5.41) is 42.2. The van der Waals surface area contributed by atoms with Gasteiger partial charge in [0.05, 0.1) is 38.3 Å². The molecule has 4 rings (SSSR count). The molecule has 0 spiro atoms. The Morgan fingerprint density at radius 2 is 1.87 bits per heavy atom. The largest absolute Gasteiger partial charge is 0.507 e. The number of allylic oxidation sites excluding steroid dienone is 1. The van der Waals surface area contributed by atoms with Gasteiger partial charge >= 0.3 is 6.09 Å². The van der Waals surface area contributed by atoms with Gasteiger partial charge in [-0.15, -0.1) is 0 Å². The van der Waals surface area contributed by atoms with Crippen LogP contribution in [0, 0.1) is 17.8 Å². The van der Waals surface area contributed by atoms with Crippen LogP contribution in [0.2, 0.25) is 0 Å². The lowest BCUT2D eigenvalue weighted by atomic mass is 9.68. The topological polar surface area (TPSA) is 145 Å². The van der Waals surface area contributed by atoms with Crippen molar-refractivity contribution in [2.45, 2.75) is 25.4 Å². The Kier molecular flexibility index (Phi) is 9.01. The second kappa shape index (κ2) is 12.3. The van der Waals surface area contributed by atoms with E-state index in [9.17, 15) is 34.8 Å². The Morgan fingerprint density at radius 1 is 1.15 bits per heavy atom. The van der Waals surface area contributed by atoms with E-state index in [2.05, 4.69) is 20.7 Å². The molecule has 39 heavy (non-hydrogen) atoms. The second-order valence-corrected chi connectivity index (χ2v) is 10.5. The first-order valence-electron chi connectivity index (χ1n) is 12.5. The molecule has 0 radical (unpaired) electrons. The van der Waals surface area contributed by atoms with Crippen LogP contribution in [0.3, 0.4) is 0 Å². The SMILES string of the molecule is COC(=O)N1C(=O)[C@@H]2[C@@H](CC(CO)=C([C@H](O)CC/C(=C/c3cc(Br)ccc3O)c3ccccc3)[C@@H]2CO)C1=O. The first-order valence-corrected chi connectivity index (χ1v) is 13.3. The van der Waals surface area contributed by atoms with Crippen LogP contribution in [0.1, 0.15) is 30.4 Å². The fourth-order valence-electron chi connectivity index (χ4n) is 5.61. The van der Waals surface area contributed by atoms with Crippen molar-refractivity contribution in [3.05, 3.63) is 75.3 Å². The monoisotopic (exact) mass is 599 g/mol. The zero-order valence-electron chi connectivity index (χ0n) is 21.3. The number of phenols is 1. The molecule has 0 bridgehead atoms. The number of rotatable bonds is 8. The average molecular weight is 600 g/mol. The van der Waals surface area contributed by atoms with Crippen molar-refractivity contribution in [1.29, 1.82) is 0 Å². The molecule has 2 aromatic rings. The number of hydrogen-bond donors (Lipinski definition) is 4. The van der Waals surface area contributed by atoms with Crippen LogP contribution in [0.25, 0.3) is 11.6 Å². The van der Waals surface area contributed by atoms with Gasteiger partial charge in [-0.1, -0.05) is 46.3 Å². The van der Waals surface area contributed by atoms with Crippen LogP contribution < -0.4 is 0 Å². The van der Waals surface area contributed by atoms with Crippen molar-refractivity contribution in [1.82, 2.24) is 4.90 Å². The van der Waals surface area contributed by atoms with Crippen LogP contribution in [0.5, 0.6) is 5.75 Å². The summed E-state index contributed by atoms with van der Waals surface area (Å²) in [6.07, 6.45) is 0.0885. The summed E-state index contributed by atoms with van der Waals surface area (Å²) in [5.74, 6) is -4.37. The summed E-state index contributed by atoms with van der Waals surface area (Å²) in [7, 11) is 1.06. The molecule has 2 aliphatic rings. The van der Waals surface area contributed by atoms with Gasteiger partial charge in [-0.25, -0.2) is 4.79 Å². The molecule has 0 saturated carbocycles. The molecule has 9 nitrogen and oxygen atoms in total. The van der Waals surface area contributed by atoms with E-state index in [1.54, 1.807) is 18.2 Å². The Labute approximate surface area is 234 Å². The van der Waals surface area contributed by atoms with Crippen LogP contribution in [0.4, 0.5) is 4.79 Å². The zero-order valence-corrected chi connectivity index (χ0v) is 22.9. The number of aliphatic hydroxyl groups excluding tert-OH is 3. The minimum atomic E-state index is -1.15. The van der Waals surface area contributed by atoms with Crippen molar-refractivity contribution in [2.24, 2.45) is 17.8 Å². The minimum absolute atomic E-state index is 0.0184. The number of hydrogen-bond acceptors (Lipinski definition) is 8. The van der Waals surface area contributed by atoms with E-state index >= 15 is 0 Å². The first kappa shape index (κ1) is 28.7. The summed E-state index contributed by atoms with van der Waals surface area (Å²) in [6, 6.07) is 14.6. The van der Waals surface area contributed by atoms with Gasteiger partial charge in [-0.05, 0) is 65.8 Å². The number of likely N-dealkylation sites (tertiary alicyclic amines) is 1. The van der Waals surface area contributed by atoms with Crippen LogP contribution in [-0.2, 0) is 14.3 Å². The highest BCUT2D eigenvalue weighted by Gasteiger charge is 2.57. The third-order valence-electron chi connectivity index (χ3n) is 7.44. The molecule has 4 N–H and O–H groups in total. The number of ether oxygens (including phenoxy) is 1. The third-order valence-corrected chi connectivity index (χ3v) is 7.93. The number of aliphatic hydroxyl groups is 3. The summed E-state index contributed by atoms with van der Waals surface area (Å²) < 4.78 is 5.38. The number of aromatic hydroxyl groups is 1. The predicted molar refractivity (Wildman–Crippen MR) is 146 cm³/mol. The van der Waals surface area contributed by atoms with Crippen molar-refractivity contribution in [3.8, 4) is 5.75 Å². The molecule has 0 aromatic heterocycles. The Bertz CT molecular complexity index is 1320. The van der Waals surface area contributed by atoms with Gasteiger partial charge < -0.3 is 25.2 Å². The number of fused-ring (bicyclic) bond motifs is 1. The van der Waals surface area contributed by atoms with Gasteiger partial charge in [0.2, 0.25) is 11.8 Å². The predicted octanol–water partition coefficient (Wildman–Crippen LogP) is 3.51. The molecule has 2 aromatic carbocycles. The van der Waals surface area contributed by atoms with Crippen molar-refractivity contribution < 1.29 is 39.5 Å². The summed E-state index contributed by atoms with van der Waals surface area (Å²) in [5.41, 5.74) is 2.97. The highest BCUT2D eigenvalue weighted by Crippen LogP contribution is 2.46. The molecule has 1 saturated heterocycles. The lowest BCUT2D eigenvalue weighted by molar-refractivity contribution is -0.137. The number of carbonyl (C=O) groups excluding carboxylic acids is 3. The highest BCUT2D eigenvalue weighted by atomic mass is 79.9. The number of imide groups is 3. The zero-order chi connectivity index (χ0) is 28.3. The highest BCUT2D eigenvalue weighted by molar-refractivity contribution is 9.10. The van der Waals surface area contributed by atoms with Gasteiger partial charge in [0, 0.05) is 16.0 Å². The van der Waals surface area contributed by atoms with Gasteiger partial charge in [0.1, 0.15) is 5.75 Å². The maximum atomic E-state index is 13.1. The summed E-state index contributed by atoms with van der Waals surface area (Å²) in [6.45, 7) is -1.03. The lowest BCUT2D eigenvalue weighted by Gasteiger charge is -2.36. The maximum absolute atomic E-state index is 13.1. The standard InChI is InChI=1S/C29H30BrNO8/c1-39-29(38)31-27(36)21-13-19(14-32)25(22(15-33)26(21)28(31)37)24(35)9-7-17(16-5-3-2-4-6-16)11-18-12-20(30)8-10-23(18)34/h2-6,8,10-12,21-22,24,26,32-35H,7,9,13-15H2,1H3/b17-11-/t21-,22+,24-,26-/m1/s1. The number of halogens is 1. The van der Waals surface area contributed by atoms with E-state index in [4.69, 9.17) is 0 Å². The Balaban J connectivity index is 1.65. The molecule has 206 valence electrons. The smallest absolute Gasteiger partial charge is 0.423 e. The van der Waals surface area contributed by atoms with Crippen LogP contribution in [0.15, 0.2) is 64.1 Å². The summed E-state index contributed by atoms with van der Waals surface area (Å²) >= 11 is 3.42. The average Bonchev–Trinajstić information content (AvgIpc) is 3.20. The molecular weight excluding hydrogens is 570 g/mol. The van der Waals surface area contributed by atoms with Crippen LogP contribution >= 0.6 is 15.9 Å². The van der Waals surface area contributed by atoms with Gasteiger partial charge in [-0.3, -0.25) is 9.59 Å². The normalized spacial score (nSPS) is 22.2. The lowest BCUT2D eigenvalue weighted by Crippen LogP contribution is -2.40. The van der Waals surface area contributed by atoms with Gasteiger partial charge in [0.15, 0.2) is 0 Å². The quantitative estimate of drug-likeness (QED) is 0.205. The minimum Gasteiger partial charge on any atom is -0.507 e. The molecule has 4 atom stereocenters. The molecule has 1 aliphatic heterocycles. The fourth-order valence-corrected chi connectivity index (χ4v) is 5.98. The number of carbonyl (C=O) groups is 3. The molecule has 1 aliphatic carbocycles. The molecule has 10 heteroatoms. The third kappa shape index (κ3) is 5.69. The number of phenolic OH excluding ortho intramolecular Hbond substituents is 1. The molecule has 3 amide bonds. The summed E-state index contributed by atoms with van der Waals surface area (Å²) in [4.78, 5) is 38.5. The number of benzene rings is 2. The Morgan fingerprint density at radius 3 is 2.51 bits per heavy atom. The van der Waals surface area contributed by atoms with Gasteiger partial charge in [0.25, 0.3) is 0 Å². The van der Waals surface area contributed by atoms with E-state index in [1.165, 1.54) is 0 Å². The van der Waals surface area contributed by atoms with Gasteiger partial charge in [-0.2, -0.15) is 4.90 Å². The molecular formula is C29H30BrNO8. The molecule has 1 fully saturated rings. The van der Waals surface area contributed by atoms with E-state index in [1.807, 2.05) is 36.4 Å². The van der Waals surface area contributed by atoms with Crippen molar-refractivity contribution >= 4 is 45.5 Å². The number of methoxy groups -OCH3 is 1. The van der Waals surface area contributed by atoms with Crippen molar-refractivity contribution in [3.63, 3.8) is 0 Å². The fraction of sp³-hybridized carbons (Fsp3) is 0.345. The van der Waals surface area contributed by atoms with E-state index in [0.717, 1.165) is 22.7 Å². The maximum Gasteiger partial charge on any atom is 0.423 e. The van der Waals surface area contributed by atoms with E-state index < -0.39 is 55.0 Å². The number of amides is 3. The molecule has 1 heterocycles. The number of nitrogens with zero attached hydrogens (tertiary/aromatic N) is 1. The molecule has 0 unspecified atom stereocenters. The van der Waals surface area contributed by atoms with E-state index in [-0.39, 0.29) is 18.6 Å². The van der Waals surface area contributed by atoms with Crippen molar-refractivity contribution in [2.75, 3.05) is 20.3 Å². The van der Waals surface area contributed by atoms with E-state index in [0.29, 0.717) is 28.0 Å². The van der Waals surface area contributed by atoms with Crippen LogP contribution in [-0.4, -0.2) is 69.7 Å². The Hall–Kier alpha value is -3.31. The first-order chi connectivity index (χ1) is 18.7. The second-order valence-electron chi connectivity index (χ2n) is 9.62.